The molecule has 0 unspecified atom stereocenters. The van der Waals surface area contributed by atoms with Crippen LogP contribution in [0.25, 0.3) is 0 Å². The smallest absolute Gasteiger partial charge is 0.240 e. The Hall–Kier alpha value is -2.20. The maximum absolute atomic E-state index is 13.5. The maximum atomic E-state index is 13.5. The molecule has 0 spiro atoms. The van der Waals surface area contributed by atoms with Crippen molar-refractivity contribution in [3.05, 3.63) is 24.0 Å². The minimum Gasteiger partial charge on any atom is -0.370 e. The highest BCUT2D eigenvalue weighted by molar-refractivity contribution is 7.89. The first kappa shape index (κ1) is 14.9. The van der Waals surface area contributed by atoms with Crippen molar-refractivity contribution >= 4 is 27.6 Å². The molecule has 1 rings (SSSR count). The van der Waals surface area contributed by atoms with Crippen molar-refractivity contribution in [1.82, 2.24) is 4.72 Å². The van der Waals surface area contributed by atoms with Gasteiger partial charge < -0.3 is 17.2 Å². The van der Waals surface area contributed by atoms with Gasteiger partial charge in [-0.15, -0.1) is 0 Å². The van der Waals surface area contributed by atoms with Gasteiger partial charge in [0.05, 0.1) is 4.90 Å². The molecule has 0 radical (unpaired) electrons. The van der Waals surface area contributed by atoms with Crippen LogP contribution in [0, 0.1) is 5.82 Å². The molecule has 0 saturated carbocycles. The van der Waals surface area contributed by atoms with Crippen LogP contribution in [0.3, 0.4) is 0 Å². The summed E-state index contributed by atoms with van der Waals surface area (Å²) in [7, 11) is -2.48. The lowest BCUT2D eigenvalue weighted by molar-refractivity contribution is 0.587. The molecule has 0 aliphatic heterocycles. The first-order valence-corrected chi connectivity index (χ1v) is 6.41. The van der Waals surface area contributed by atoms with Gasteiger partial charge in [-0.2, -0.15) is 4.99 Å². The third-order valence-corrected chi connectivity index (χ3v) is 3.39. The molecule has 0 fully saturated rings. The molecule has 0 heterocycles. The largest absolute Gasteiger partial charge is 0.370 e. The molecular weight excluding hydrogens is 275 g/mol. The minimum atomic E-state index is -3.71. The Morgan fingerprint density at radius 3 is 2.47 bits per heavy atom. The van der Waals surface area contributed by atoms with Crippen LogP contribution < -0.4 is 21.9 Å². The van der Waals surface area contributed by atoms with Gasteiger partial charge in [0.1, 0.15) is 11.5 Å². The molecule has 8 nitrogen and oxygen atoms in total. The fourth-order valence-corrected chi connectivity index (χ4v) is 1.89. The van der Waals surface area contributed by atoms with Gasteiger partial charge in [-0.3, -0.25) is 0 Å². The van der Waals surface area contributed by atoms with Crippen molar-refractivity contribution < 1.29 is 12.8 Å². The number of nitrogens with two attached hydrogens (primary N) is 3. The standard InChI is InChI=1S/C9H13FN6O2S/c1-14-19(17,18)5-2-3-6(10)7(4-5)15-9(13)16-8(11)12/h2-4,14H,1H3,(H6,11,12,13,15,16). The highest BCUT2D eigenvalue weighted by atomic mass is 32.2. The van der Waals surface area contributed by atoms with E-state index in [2.05, 4.69) is 14.7 Å². The van der Waals surface area contributed by atoms with E-state index >= 15 is 0 Å². The number of hydrogen-bond acceptors (Lipinski definition) is 3. The number of nitrogens with zero attached hydrogens (tertiary/aromatic N) is 2. The average Bonchev–Trinajstić information content (AvgIpc) is 2.30. The number of rotatable bonds is 3. The zero-order valence-corrected chi connectivity index (χ0v) is 10.8. The molecule has 0 aromatic heterocycles. The van der Waals surface area contributed by atoms with E-state index < -0.39 is 21.8 Å². The van der Waals surface area contributed by atoms with Gasteiger partial charge in [-0.05, 0) is 25.2 Å². The summed E-state index contributed by atoms with van der Waals surface area (Å²) in [6, 6.07) is 3.05. The quantitative estimate of drug-likeness (QED) is 0.413. The second-order valence-corrected chi connectivity index (χ2v) is 5.21. The molecule has 0 aliphatic rings. The fraction of sp³-hybridized carbons (Fsp3) is 0.111. The number of aliphatic imine (C=N–C) groups is 2. The number of halogens is 1. The van der Waals surface area contributed by atoms with Crippen LogP contribution in [0.15, 0.2) is 33.1 Å². The number of benzene rings is 1. The molecule has 10 heteroatoms. The van der Waals surface area contributed by atoms with Crippen molar-refractivity contribution in [2.45, 2.75) is 4.90 Å². The van der Waals surface area contributed by atoms with Crippen molar-refractivity contribution in [1.29, 1.82) is 0 Å². The lowest BCUT2D eigenvalue weighted by Crippen LogP contribution is -2.26. The van der Waals surface area contributed by atoms with Gasteiger partial charge in [-0.25, -0.2) is 22.5 Å². The summed E-state index contributed by atoms with van der Waals surface area (Å²) in [5, 5.41) is 0. The van der Waals surface area contributed by atoms with E-state index in [0.29, 0.717) is 0 Å². The van der Waals surface area contributed by atoms with E-state index in [1.54, 1.807) is 0 Å². The van der Waals surface area contributed by atoms with Crippen molar-refractivity contribution in [2.24, 2.45) is 27.2 Å². The summed E-state index contributed by atoms with van der Waals surface area (Å²) in [6.45, 7) is 0. The maximum Gasteiger partial charge on any atom is 0.240 e. The van der Waals surface area contributed by atoms with E-state index in [1.165, 1.54) is 7.05 Å². The van der Waals surface area contributed by atoms with Gasteiger partial charge in [-0.1, -0.05) is 0 Å². The topological polar surface area (TPSA) is 149 Å². The number of nitrogens with one attached hydrogen (secondary N) is 1. The van der Waals surface area contributed by atoms with Crippen LogP contribution in [0.4, 0.5) is 10.1 Å². The van der Waals surface area contributed by atoms with Crippen LogP contribution in [-0.2, 0) is 10.0 Å². The molecule has 0 aliphatic carbocycles. The SMILES string of the molecule is CNS(=O)(=O)c1ccc(F)c(N=C(N)N=C(N)N)c1. The van der Waals surface area contributed by atoms with Crippen LogP contribution in [0.1, 0.15) is 0 Å². The van der Waals surface area contributed by atoms with E-state index in [9.17, 15) is 12.8 Å². The molecule has 0 amide bonds. The summed E-state index contributed by atoms with van der Waals surface area (Å²) in [4.78, 5) is 6.82. The van der Waals surface area contributed by atoms with Crippen LogP contribution >= 0.6 is 0 Å². The third-order valence-electron chi connectivity index (χ3n) is 1.98. The van der Waals surface area contributed by atoms with E-state index in [4.69, 9.17) is 17.2 Å². The monoisotopic (exact) mass is 288 g/mol. The second-order valence-electron chi connectivity index (χ2n) is 3.33. The van der Waals surface area contributed by atoms with Crippen LogP contribution in [-0.4, -0.2) is 27.4 Å². The first-order valence-electron chi connectivity index (χ1n) is 4.93. The fourth-order valence-electron chi connectivity index (χ4n) is 1.14. The Labute approximate surface area is 109 Å². The Kier molecular flexibility index (Phi) is 4.40. The van der Waals surface area contributed by atoms with Crippen LogP contribution in [0.5, 0.6) is 0 Å². The minimum absolute atomic E-state index is 0.160. The van der Waals surface area contributed by atoms with E-state index in [1.807, 2.05) is 0 Å². The lowest BCUT2D eigenvalue weighted by Gasteiger charge is -2.04. The summed E-state index contributed by atoms with van der Waals surface area (Å²) in [5.74, 6) is -1.50. The Morgan fingerprint density at radius 1 is 1.32 bits per heavy atom. The van der Waals surface area contributed by atoms with E-state index in [0.717, 1.165) is 18.2 Å². The molecule has 0 bridgehead atoms. The van der Waals surface area contributed by atoms with Gasteiger partial charge >= 0.3 is 0 Å². The summed E-state index contributed by atoms with van der Waals surface area (Å²) in [6.07, 6.45) is 0. The Balaban J connectivity index is 3.30. The zero-order valence-electron chi connectivity index (χ0n) is 9.96. The summed E-state index contributed by atoms with van der Waals surface area (Å²) < 4.78 is 38.7. The highest BCUT2D eigenvalue weighted by Gasteiger charge is 2.14. The highest BCUT2D eigenvalue weighted by Crippen LogP contribution is 2.22. The van der Waals surface area contributed by atoms with Gasteiger partial charge in [0, 0.05) is 0 Å². The predicted molar refractivity (Wildman–Crippen MR) is 69.7 cm³/mol. The lowest BCUT2D eigenvalue weighted by atomic mass is 10.3. The third kappa shape index (κ3) is 3.89. The number of sulfonamides is 1. The first-order chi connectivity index (χ1) is 8.76. The molecule has 7 N–H and O–H groups in total. The molecular formula is C9H13FN6O2S. The molecule has 104 valence electrons. The van der Waals surface area contributed by atoms with E-state index in [-0.39, 0.29) is 16.5 Å². The Morgan fingerprint density at radius 2 is 1.95 bits per heavy atom. The second kappa shape index (κ2) is 5.63. The van der Waals surface area contributed by atoms with Crippen molar-refractivity contribution in [3.8, 4) is 0 Å². The molecule has 1 aromatic rings. The molecule has 1 aromatic carbocycles. The number of hydrogen-bond donors (Lipinski definition) is 4. The zero-order chi connectivity index (χ0) is 14.6. The van der Waals surface area contributed by atoms with Gasteiger partial charge in [0.15, 0.2) is 5.96 Å². The molecule has 19 heavy (non-hydrogen) atoms. The number of guanidine groups is 2. The average molecular weight is 288 g/mol. The molecule has 0 saturated heterocycles. The van der Waals surface area contributed by atoms with Crippen molar-refractivity contribution in [2.75, 3.05) is 7.05 Å². The van der Waals surface area contributed by atoms with Gasteiger partial charge in [0.2, 0.25) is 16.0 Å². The van der Waals surface area contributed by atoms with Crippen LogP contribution in [0.2, 0.25) is 0 Å². The predicted octanol–water partition coefficient (Wildman–Crippen LogP) is -1.05. The van der Waals surface area contributed by atoms with Gasteiger partial charge in [0.25, 0.3) is 0 Å². The van der Waals surface area contributed by atoms with Crippen molar-refractivity contribution in [3.63, 3.8) is 0 Å². The Bertz CT molecular complexity index is 636. The summed E-state index contributed by atoms with van der Waals surface area (Å²) in [5.41, 5.74) is 15.2. The molecule has 0 atom stereocenters. The normalized spacial score (nSPS) is 12.2. The summed E-state index contributed by atoms with van der Waals surface area (Å²) >= 11 is 0.